The number of hydrogen-bond acceptors (Lipinski definition) is 5. The zero-order valence-corrected chi connectivity index (χ0v) is 16.9. The van der Waals surface area contributed by atoms with Crippen LogP contribution in [-0.4, -0.2) is 53.4 Å². The Morgan fingerprint density at radius 2 is 1.79 bits per heavy atom. The maximum Gasteiger partial charge on any atom is 0.289 e. The van der Waals surface area contributed by atoms with E-state index in [2.05, 4.69) is 9.88 Å². The minimum atomic E-state index is -0.210. The van der Waals surface area contributed by atoms with Crippen molar-refractivity contribution in [3.05, 3.63) is 75.4 Å². The number of aromatic nitrogens is 1. The minimum Gasteiger partial charge on any atom is -0.450 e. The van der Waals surface area contributed by atoms with E-state index in [9.17, 15) is 9.59 Å². The molecular weight excluding hydrogens is 366 g/mol. The van der Waals surface area contributed by atoms with Crippen LogP contribution < -0.4 is 5.43 Å². The lowest BCUT2D eigenvalue weighted by Crippen LogP contribution is -2.49. The molecule has 0 saturated carbocycles. The average molecular weight is 391 g/mol. The number of nitrogens with zero attached hydrogens (tertiary/aromatic N) is 3. The summed E-state index contributed by atoms with van der Waals surface area (Å²) < 4.78 is 5.86. The van der Waals surface area contributed by atoms with Gasteiger partial charge in [0.1, 0.15) is 5.58 Å². The molecule has 1 amide bonds. The number of piperazine rings is 1. The van der Waals surface area contributed by atoms with Gasteiger partial charge in [0, 0.05) is 51.2 Å². The normalized spacial score (nSPS) is 15.0. The summed E-state index contributed by atoms with van der Waals surface area (Å²) in [5, 5.41) is 0.528. The van der Waals surface area contributed by atoms with Crippen LogP contribution in [-0.2, 0) is 6.42 Å². The largest absolute Gasteiger partial charge is 0.450 e. The van der Waals surface area contributed by atoms with Crippen molar-refractivity contribution in [2.75, 3.05) is 32.7 Å². The summed E-state index contributed by atoms with van der Waals surface area (Å²) in [4.78, 5) is 33.6. The Morgan fingerprint density at radius 3 is 2.52 bits per heavy atom. The molecule has 3 heterocycles. The van der Waals surface area contributed by atoms with E-state index in [0.29, 0.717) is 24.1 Å². The van der Waals surface area contributed by atoms with Gasteiger partial charge in [0.25, 0.3) is 5.91 Å². The third-order valence-electron chi connectivity index (χ3n) is 5.49. The molecule has 29 heavy (non-hydrogen) atoms. The monoisotopic (exact) mass is 391 g/mol. The van der Waals surface area contributed by atoms with Crippen LogP contribution in [0.15, 0.2) is 51.9 Å². The standard InChI is InChI=1S/C23H25N3O3/c1-16-13-17(2)22-19(14-16)20(27)15-21(29-22)23(28)26-11-9-25(10-12-26)8-5-18-3-6-24-7-4-18/h3-4,6-7,13-15H,5,8-12H2,1-2H3. The molecule has 150 valence electrons. The summed E-state index contributed by atoms with van der Waals surface area (Å²) in [5.74, 6) is -0.0857. The molecule has 1 aliphatic heterocycles. The third kappa shape index (κ3) is 4.22. The van der Waals surface area contributed by atoms with Crippen LogP contribution in [0, 0.1) is 13.8 Å². The summed E-state index contributed by atoms with van der Waals surface area (Å²) in [5.41, 5.74) is 3.47. The van der Waals surface area contributed by atoms with Crippen molar-refractivity contribution >= 4 is 16.9 Å². The van der Waals surface area contributed by atoms with Crippen molar-refractivity contribution in [3.63, 3.8) is 0 Å². The second-order valence-corrected chi connectivity index (χ2v) is 7.67. The smallest absolute Gasteiger partial charge is 0.289 e. The highest BCUT2D eigenvalue weighted by Gasteiger charge is 2.24. The number of aryl methyl sites for hydroxylation is 2. The first-order chi connectivity index (χ1) is 14.0. The molecule has 1 aromatic carbocycles. The van der Waals surface area contributed by atoms with Gasteiger partial charge in [0.2, 0.25) is 0 Å². The SMILES string of the molecule is Cc1cc(C)c2oc(C(=O)N3CCN(CCc4ccncc4)CC3)cc(=O)c2c1. The zero-order chi connectivity index (χ0) is 20.4. The van der Waals surface area contributed by atoms with E-state index in [0.717, 1.165) is 37.2 Å². The Morgan fingerprint density at radius 1 is 1.07 bits per heavy atom. The van der Waals surface area contributed by atoms with Crippen LogP contribution >= 0.6 is 0 Å². The fraction of sp³-hybridized carbons (Fsp3) is 0.348. The van der Waals surface area contributed by atoms with Crippen molar-refractivity contribution in [1.29, 1.82) is 0 Å². The van der Waals surface area contributed by atoms with E-state index in [4.69, 9.17) is 4.42 Å². The second kappa shape index (κ2) is 8.17. The molecule has 3 aromatic rings. The molecule has 0 bridgehead atoms. The molecule has 6 nitrogen and oxygen atoms in total. The molecule has 0 unspecified atom stereocenters. The van der Waals surface area contributed by atoms with Gasteiger partial charge in [-0.1, -0.05) is 6.07 Å². The predicted octanol–water partition coefficient (Wildman–Crippen LogP) is 2.81. The number of hydrogen-bond donors (Lipinski definition) is 0. The molecule has 0 spiro atoms. The third-order valence-corrected chi connectivity index (χ3v) is 5.49. The molecule has 4 rings (SSSR count). The van der Waals surface area contributed by atoms with E-state index >= 15 is 0 Å². The van der Waals surface area contributed by atoms with E-state index in [-0.39, 0.29) is 17.1 Å². The van der Waals surface area contributed by atoms with Gasteiger partial charge in [-0.2, -0.15) is 0 Å². The molecule has 6 heteroatoms. The van der Waals surface area contributed by atoms with E-state index in [1.807, 2.05) is 50.5 Å². The van der Waals surface area contributed by atoms with Gasteiger partial charge in [-0.05, 0) is 55.2 Å². The van der Waals surface area contributed by atoms with Crippen molar-refractivity contribution in [2.45, 2.75) is 20.3 Å². The van der Waals surface area contributed by atoms with E-state index in [1.54, 1.807) is 4.90 Å². The second-order valence-electron chi connectivity index (χ2n) is 7.67. The van der Waals surface area contributed by atoms with Gasteiger partial charge in [0.05, 0.1) is 5.39 Å². The van der Waals surface area contributed by atoms with E-state index in [1.165, 1.54) is 11.6 Å². The van der Waals surface area contributed by atoms with E-state index < -0.39 is 0 Å². The van der Waals surface area contributed by atoms with Crippen LogP contribution in [0.25, 0.3) is 11.0 Å². The van der Waals surface area contributed by atoms with Crippen molar-refractivity contribution in [2.24, 2.45) is 0 Å². The summed E-state index contributed by atoms with van der Waals surface area (Å²) in [6.07, 6.45) is 4.59. The van der Waals surface area contributed by atoms with Crippen LogP contribution in [0.5, 0.6) is 0 Å². The lowest BCUT2D eigenvalue weighted by molar-refractivity contribution is 0.0608. The van der Waals surface area contributed by atoms with Gasteiger partial charge in [0.15, 0.2) is 11.2 Å². The molecule has 0 aliphatic carbocycles. The summed E-state index contributed by atoms with van der Waals surface area (Å²) in [6.45, 7) is 7.68. The number of fused-ring (bicyclic) bond motifs is 1. The fourth-order valence-corrected chi connectivity index (χ4v) is 3.88. The number of amides is 1. The first kappa shape index (κ1) is 19.3. The first-order valence-corrected chi connectivity index (χ1v) is 9.97. The van der Waals surface area contributed by atoms with Crippen LogP contribution in [0.3, 0.4) is 0 Å². The Hall–Kier alpha value is -2.99. The summed E-state index contributed by atoms with van der Waals surface area (Å²) in [7, 11) is 0. The highest BCUT2D eigenvalue weighted by molar-refractivity contribution is 5.93. The minimum absolute atomic E-state index is 0.125. The van der Waals surface area contributed by atoms with Gasteiger partial charge in [-0.3, -0.25) is 19.5 Å². The van der Waals surface area contributed by atoms with Gasteiger partial charge in [-0.15, -0.1) is 0 Å². The quantitative estimate of drug-likeness (QED) is 0.684. The van der Waals surface area contributed by atoms with Crippen molar-refractivity contribution in [3.8, 4) is 0 Å². The first-order valence-electron chi connectivity index (χ1n) is 9.97. The molecule has 1 fully saturated rings. The van der Waals surface area contributed by atoms with Crippen LogP contribution in [0.2, 0.25) is 0 Å². The van der Waals surface area contributed by atoms with Crippen molar-refractivity contribution < 1.29 is 9.21 Å². The lowest BCUT2D eigenvalue weighted by Gasteiger charge is -2.34. The van der Waals surface area contributed by atoms with Crippen molar-refractivity contribution in [1.82, 2.24) is 14.8 Å². The molecule has 0 atom stereocenters. The number of benzene rings is 1. The van der Waals surface area contributed by atoms with Crippen LogP contribution in [0.4, 0.5) is 0 Å². The number of rotatable bonds is 4. The molecule has 2 aromatic heterocycles. The van der Waals surface area contributed by atoms with Gasteiger partial charge in [-0.25, -0.2) is 0 Å². The molecule has 1 saturated heterocycles. The number of carbonyl (C=O) groups excluding carboxylic acids is 1. The Bertz CT molecular complexity index is 1080. The maximum atomic E-state index is 12.9. The average Bonchev–Trinajstić information content (AvgIpc) is 2.73. The number of carbonyl (C=O) groups is 1. The summed E-state index contributed by atoms with van der Waals surface area (Å²) >= 11 is 0. The predicted molar refractivity (Wildman–Crippen MR) is 112 cm³/mol. The Kier molecular flexibility index (Phi) is 5.45. The van der Waals surface area contributed by atoms with Crippen LogP contribution in [0.1, 0.15) is 27.2 Å². The van der Waals surface area contributed by atoms with Gasteiger partial charge >= 0.3 is 0 Å². The highest BCUT2D eigenvalue weighted by Crippen LogP contribution is 2.20. The Balaban J connectivity index is 1.42. The zero-order valence-electron chi connectivity index (χ0n) is 16.9. The Labute approximate surface area is 169 Å². The molecule has 0 radical (unpaired) electrons. The lowest BCUT2D eigenvalue weighted by atomic mass is 10.1. The molecular formula is C23H25N3O3. The topological polar surface area (TPSA) is 66.7 Å². The molecule has 0 N–H and O–H groups in total. The fourth-order valence-electron chi connectivity index (χ4n) is 3.88. The maximum absolute atomic E-state index is 12.9. The highest BCUT2D eigenvalue weighted by atomic mass is 16.3. The van der Waals surface area contributed by atoms with Gasteiger partial charge < -0.3 is 9.32 Å². The molecule has 1 aliphatic rings. The number of pyridine rings is 1. The summed E-state index contributed by atoms with van der Waals surface area (Å²) in [6, 6.07) is 9.17.